The predicted octanol–water partition coefficient (Wildman–Crippen LogP) is 0.00470. The average Bonchev–Trinajstić information content (AvgIpc) is 2.33. The molecule has 0 fully saturated rings. The monoisotopic (exact) mass is 361 g/mol. The molecule has 8 nitrogen and oxygen atoms in total. The van der Waals surface area contributed by atoms with Crippen molar-refractivity contribution in [2.45, 2.75) is 39.0 Å². The first-order valence-corrected chi connectivity index (χ1v) is 7.79. The maximum atomic E-state index is 9.97. The van der Waals surface area contributed by atoms with Crippen molar-refractivity contribution >= 4 is 40.0 Å². The standard InChI is InChI=1S/C13H21NO3.Na.H2O4S.H/c1-13(2,3)14-7-12(17)9-4-5-11(16)10(6-9)8-15;;1-5(2,3)4;/h4-6,12,14-17H,7-8H2,1-3H3;;(H2,1,2,3,4);. The van der Waals surface area contributed by atoms with Gasteiger partial charge in [-0.2, -0.15) is 8.42 Å². The fraction of sp³-hybridized carbons (Fsp3) is 0.538. The van der Waals surface area contributed by atoms with E-state index in [0.717, 1.165) is 0 Å². The fourth-order valence-electron chi connectivity index (χ4n) is 1.46. The van der Waals surface area contributed by atoms with Crippen LogP contribution < -0.4 is 5.32 Å². The van der Waals surface area contributed by atoms with Gasteiger partial charge in [0.05, 0.1) is 12.7 Å². The topological polar surface area (TPSA) is 147 Å². The summed E-state index contributed by atoms with van der Waals surface area (Å²) >= 11 is 0. The summed E-state index contributed by atoms with van der Waals surface area (Å²) in [7, 11) is -4.67. The maximum absolute atomic E-state index is 9.97. The number of aliphatic hydroxyl groups excluding tert-OH is 2. The summed E-state index contributed by atoms with van der Waals surface area (Å²) in [4.78, 5) is 0. The van der Waals surface area contributed by atoms with E-state index in [1.807, 2.05) is 20.8 Å². The Morgan fingerprint density at radius 3 is 2.09 bits per heavy atom. The predicted molar refractivity (Wildman–Crippen MR) is 88.1 cm³/mol. The molecule has 0 aromatic heterocycles. The van der Waals surface area contributed by atoms with Crippen molar-refractivity contribution in [2.75, 3.05) is 6.54 Å². The van der Waals surface area contributed by atoms with Crippen molar-refractivity contribution in [2.24, 2.45) is 0 Å². The third kappa shape index (κ3) is 13.9. The van der Waals surface area contributed by atoms with Gasteiger partial charge in [0, 0.05) is 17.6 Å². The Balaban J connectivity index is 0. The van der Waals surface area contributed by atoms with E-state index in [1.54, 1.807) is 12.1 Å². The van der Waals surface area contributed by atoms with E-state index in [2.05, 4.69) is 5.32 Å². The Morgan fingerprint density at radius 1 is 1.22 bits per heavy atom. The average molecular weight is 361 g/mol. The normalized spacial score (nSPS) is 12.7. The first kappa shape index (κ1) is 25.0. The molecule has 6 N–H and O–H groups in total. The Bertz CT molecular complexity index is 564. The van der Waals surface area contributed by atoms with Crippen LogP contribution in [0.25, 0.3) is 0 Å². The van der Waals surface area contributed by atoms with E-state index < -0.39 is 16.5 Å². The summed E-state index contributed by atoms with van der Waals surface area (Å²) in [5, 5.41) is 31.6. The van der Waals surface area contributed by atoms with E-state index in [-0.39, 0.29) is 47.5 Å². The number of benzene rings is 1. The molecule has 0 heterocycles. The van der Waals surface area contributed by atoms with Gasteiger partial charge in [0.2, 0.25) is 0 Å². The number of hydrogen-bond donors (Lipinski definition) is 6. The zero-order chi connectivity index (χ0) is 17.6. The van der Waals surface area contributed by atoms with E-state index in [1.165, 1.54) is 6.07 Å². The molecule has 1 aromatic carbocycles. The van der Waals surface area contributed by atoms with Crippen LogP contribution in [0.1, 0.15) is 38.0 Å². The van der Waals surface area contributed by atoms with Gasteiger partial charge in [0.25, 0.3) is 0 Å². The minimum atomic E-state index is -4.67. The van der Waals surface area contributed by atoms with Crippen LogP contribution in [0, 0.1) is 0 Å². The summed E-state index contributed by atoms with van der Waals surface area (Å²) in [5.74, 6) is 0.0484. The van der Waals surface area contributed by atoms with Gasteiger partial charge in [-0.25, -0.2) is 0 Å². The zero-order valence-electron chi connectivity index (χ0n) is 12.7. The van der Waals surface area contributed by atoms with Crippen LogP contribution in [0.2, 0.25) is 0 Å². The minimum absolute atomic E-state index is 0. The summed E-state index contributed by atoms with van der Waals surface area (Å²) in [6, 6.07) is 4.76. The van der Waals surface area contributed by atoms with Crippen LogP contribution in [0.5, 0.6) is 5.75 Å². The van der Waals surface area contributed by atoms with Crippen LogP contribution >= 0.6 is 0 Å². The molecule has 0 aliphatic heterocycles. The van der Waals surface area contributed by atoms with E-state index in [4.69, 9.17) is 22.6 Å². The first-order valence-electron chi connectivity index (χ1n) is 6.39. The number of phenols is 1. The van der Waals surface area contributed by atoms with Gasteiger partial charge >= 0.3 is 40.0 Å². The molecule has 0 radical (unpaired) electrons. The number of β-amino-alcohol motifs (C(OH)–C–C–N with tert-alkyl or cyclic N) is 1. The molecule has 0 spiro atoms. The molecular formula is C13H24NNaO7S. The Kier molecular flexibility index (Phi) is 11.5. The summed E-state index contributed by atoms with van der Waals surface area (Å²) < 4.78 is 31.6. The molecular weight excluding hydrogens is 337 g/mol. The van der Waals surface area contributed by atoms with E-state index in [0.29, 0.717) is 17.7 Å². The number of aliphatic hydroxyl groups is 2. The number of rotatable bonds is 4. The van der Waals surface area contributed by atoms with Gasteiger partial charge in [-0.05, 0) is 38.5 Å². The number of nitrogens with one attached hydrogen (secondary N) is 1. The van der Waals surface area contributed by atoms with Crippen molar-refractivity contribution in [3.63, 3.8) is 0 Å². The second-order valence-corrected chi connectivity index (χ2v) is 6.54. The molecule has 130 valence electrons. The van der Waals surface area contributed by atoms with Gasteiger partial charge in [0.1, 0.15) is 5.75 Å². The molecule has 1 unspecified atom stereocenters. The second-order valence-electron chi connectivity index (χ2n) is 5.64. The molecule has 0 saturated heterocycles. The van der Waals surface area contributed by atoms with Gasteiger partial charge in [-0.15, -0.1) is 0 Å². The summed E-state index contributed by atoms with van der Waals surface area (Å²) in [6.45, 7) is 6.26. The molecule has 1 rings (SSSR count). The Hall–Kier alpha value is -0.230. The van der Waals surface area contributed by atoms with Crippen molar-refractivity contribution in [3.8, 4) is 5.75 Å². The van der Waals surface area contributed by atoms with Crippen LogP contribution in [0.4, 0.5) is 0 Å². The van der Waals surface area contributed by atoms with Crippen LogP contribution in [-0.4, -0.2) is 74.5 Å². The van der Waals surface area contributed by atoms with Crippen LogP contribution in [0.15, 0.2) is 18.2 Å². The summed E-state index contributed by atoms with van der Waals surface area (Å²) in [6.07, 6.45) is -0.653. The molecule has 1 aromatic rings. The third-order valence-corrected chi connectivity index (χ3v) is 2.48. The van der Waals surface area contributed by atoms with Crippen LogP contribution in [-0.2, 0) is 17.0 Å². The molecule has 0 aliphatic rings. The van der Waals surface area contributed by atoms with Gasteiger partial charge in [-0.1, -0.05) is 6.07 Å². The SMILES string of the molecule is CC(C)(C)NCC(O)c1ccc(O)c(CO)c1.O=S(=O)(O)O.[NaH]. The quantitative estimate of drug-likeness (QED) is 0.324. The molecule has 0 aliphatic carbocycles. The summed E-state index contributed by atoms with van der Waals surface area (Å²) in [5.41, 5.74) is 1.05. The molecule has 0 bridgehead atoms. The van der Waals surface area contributed by atoms with Crippen molar-refractivity contribution in [1.29, 1.82) is 0 Å². The van der Waals surface area contributed by atoms with Crippen molar-refractivity contribution in [1.82, 2.24) is 5.32 Å². The van der Waals surface area contributed by atoms with Crippen molar-refractivity contribution in [3.05, 3.63) is 29.3 Å². The molecule has 10 heteroatoms. The Labute approximate surface area is 158 Å². The zero-order valence-corrected chi connectivity index (χ0v) is 13.5. The first-order chi connectivity index (χ1) is 9.83. The van der Waals surface area contributed by atoms with Crippen molar-refractivity contribution < 1.29 is 32.8 Å². The molecule has 1 atom stereocenters. The van der Waals surface area contributed by atoms with Gasteiger partial charge < -0.3 is 20.6 Å². The van der Waals surface area contributed by atoms with Gasteiger partial charge in [-0.3, -0.25) is 9.11 Å². The number of aromatic hydroxyl groups is 1. The van der Waals surface area contributed by atoms with Gasteiger partial charge in [0.15, 0.2) is 0 Å². The second kappa shape index (κ2) is 10.6. The molecule has 23 heavy (non-hydrogen) atoms. The molecule has 0 saturated carbocycles. The Morgan fingerprint density at radius 2 is 1.70 bits per heavy atom. The number of hydrogen-bond acceptors (Lipinski definition) is 6. The fourth-order valence-corrected chi connectivity index (χ4v) is 1.46. The molecule has 0 amide bonds. The van der Waals surface area contributed by atoms with E-state index in [9.17, 15) is 10.2 Å². The van der Waals surface area contributed by atoms with Crippen LogP contribution in [0.3, 0.4) is 0 Å². The van der Waals surface area contributed by atoms with E-state index >= 15 is 0 Å². The third-order valence-electron chi connectivity index (χ3n) is 2.48.